The molecule has 1 amide bonds. The fraction of sp³-hybridized carbons (Fsp3) is 0.692. The van der Waals surface area contributed by atoms with Gasteiger partial charge in [-0.1, -0.05) is 26.8 Å². The van der Waals surface area contributed by atoms with E-state index in [0.717, 1.165) is 6.42 Å². The molecular weight excluding hydrogens is 218 g/mol. The van der Waals surface area contributed by atoms with Gasteiger partial charge in [-0.05, 0) is 26.2 Å². The van der Waals surface area contributed by atoms with E-state index < -0.39 is 11.4 Å². The number of rotatable bonds is 7. The molecule has 0 heterocycles. The van der Waals surface area contributed by atoms with E-state index in [0.29, 0.717) is 18.4 Å². The Morgan fingerprint density at radius 2 is 1.76 bits per heavy atom. The second-order valence-electron chi connectivity index (χ2n) is 4.27. The van der Waals surface area contributed by atoms with Gasteiger partial charge in [0.25, 0.3) is 0 Å². The van der Waals surface area contributed by atoms with Crippen LogP contribution < -0.4 is 5.32 Å². The number of carboxylic acids is 1. The largest absolute Gasteiger partial charge is 0.481 e. The smallest absolute Gasteiger partial charge is 0.311 e. The molecule has 17 heavy (non-hydrogen) atoms. The Balaban J connectivity index is 4.57. The molecular formula is C13H23NO3. The van der Waals surface area contributed by atoms with Gasteiger partial charge in [0.05, 0.1) is 5.41 Å². The van der Waals surface area contributed by atoms with Crippen LogP contribution >= 0.6 is 0 Å². The number of carbonyl (C=O) groups is 2. The second-order valence-corrected chi connectivity index (χ2v) is 4.27. The van der Waals surface area contributed by atoms with Crippen LogP contribution in [0.2, 0.25) is 0 Å². The lowest BCUT2D eigenvalue weighted by molar-refractivity contribution is -0.149. The predicted molar refractivity (Wildman–Crippen MR) is 67.7 cm³/mol. The summed E-state index contributed by atoms with van der Waals surface area (Å²) in [6.07, 6.45) is 3.64. The average molecular weight is 241 g/mol. The van der Waals surface area contributed by atoms with Gasteiger partial charge in [0.1, 0.15) is 0 Å². The maximum atomic E-state index is 11.7. The third kappa shape index (κ3) is 4.21. The van der Waals surface area contributed by atoms with E-state index in [9.17, 15) is 14.7 Å². The molecule has 0 aliphatic heterocycles. The summed E-state index contributed by atoms with van der Waals surface area (Å²) in [5, 5.41) is 11.9. The van der Waals surface area contributed by atoms with Gasteiger partial charge < -0.3 is 10.4 Å². The van der Waals surface area contributed by atoms with Crippen LogP contribution in [0.25, 0.3) is 0 Å². The summed E-state index contributed by atoms with van der Waals surface area (Å²) >= 11 is 0. The lowest BCUT2D eigenvalue weighted by Crippen LogP contribution is -2.42. The Kier molecular flexibility index (Phi) is 6.54. The molecule has 0 unspecified atom stereocenters. The van der Waals surface area contributed by atoms with Gasteiger partial charge in [0, 0.05) is 12.1 Å². The minimum absolute atomic E-state index is 0.181. The van der Waals surface area contributed by atoms with Crippen LogP contribution in [0.1, 0.15) is 47.0 Å². The molecule has 0 aromatic carbocycles. The van der Waals surface area contributed by atoms with Crippen molar-refractivity contribution in [2.45, 2.75) is 47.0 Å². The molecule has 2 N–H and O–H groups in total. The van der Waals surface area contributed by atoms with Crippen LogP contribution in [0.15, 0.2) is 11.6 Å². The van der Waals surface area contributed by atoms with E-state index in [4.69, 9.17) is 0 Å². The fourth-order valence-electron chi connectivity index (χ4n) is 1.67. The predicted octanol–water partition coefficient (Wildman–Crippen LogP) is 2.35. The topological polar surface area (TPSA) is 66.4 Å². The molecule has 0 spiro atoms. The van der Waals surface area contributed by atoms with E-state index >= 15 is 0 Å². The van der Waals surface area contributed by atoms with Crippen molar-refractivity contribution in [2.75, 3.05) is 6.54 Å². The van der Waals surface area contributed by atoms with Gasteiger partial charge >= 0.3 is 5.97 Å². The lowest BCUT2D eigenvalue weighted by Gasteiger charge is -2.26. The van der Waals surface area contributed by atoms with E-state index in [-0.39, 0.29) is 12.5 Å². The van der Waals surface area contributed by atoms with Crippen LogP contribution in [0, 0.1) is 5.41 Å². The highest BCUT2D eigenvalue weighted by molar-refractivity contribution is 5.93. The van der Waals surface area contributed by atoms with E-state index in [1.54, 1.807) is 6.92 Å². The van der Waals surface area contributed by atoms with Crippen molar-refractivity contribution in [3.05, 3.63) is 11.6 Å². The molecule has 4 heteroatoms. The highest BCUT2D eigenvalue weighted by atomic mass is 16.4. The Bertz CT molecular complexity index is 304. The molecule has 0 radical (unpaired) electrons. The van der Waals surface area contributed by atoms with Crippen LogP contribution in [-0.2, 0) is 9.59 Å². The first-order chi connectivity index (χ1) is 7.93. The highest BCUT2D eigenvalue weighted by Crippen LogP contribution is 2.25. The van der Waals surface area contributed by atoms with Crippen molar-refractivity contribution in [1.82, 2.24) is 5.32 Å². The molecule has 0 aliphatic rings. The van der Waals surface area contributed by atoms with Crippen molar-refractivity contribution in [2.24, 2.45) is 5.41 Å². The number of hydrogen-bond donors (Lipinski definition) is 2. The average Bonchev–Trinajstić information content (AvgIpc) is 2.30. The van der Waals surface area contributed by atoms with E-state index in [2.05, 4.69) is 5.32 Å². The number of carbonyl (C=O) groups excluding carboxylic acids is 1. The van der Waals surface area contributed by atoms with Crippen LogP contribution in [0.5, 0.6) is 0 Å². The second kappa shape index (κ2) is 7.09. The number of hydrogen-bond acceptors (Lipinski definition) is 2. The zero-order valence-corrected chi connectivity index (χ0v) is 11.2. The lowest BCUT2D eigenvalue weighted by atomic mass is 9.82. The van der Waals surface area contributed by atoms with Crippen molar-refractivity contribution >= 4 is 11.9 Å². The molecule has 0 aromatic heterocycles. The quantitative estimate of drug-likeness (QED) is 0.672. The zero-order chi connectivity index (χ0) is 13.5. The third-order valence-corrected chi connectivity index (χ3v) is 3.26. The summed E-state index contributed by atoms with van der Waals surface area (Å²) in [6.45, 7) is 7.54. The first kappa shape index (κ1) is 15.7. The van der Waals surface area contributed by atoms with Crippen molar-refractivity contribution in [3.63, 3.8) is 0 Å². The number of nitrogens with one attached hydrogen (secondary N) is 1. The highest BCUT2D eigenvalue weighted by Gasteiger charge is 2.35. The monoisotopic (exact) mass is 241 g/mol. The van der Waals surface area contributed by atoms with Gasteiger partial charge in [0.15, 0.2) is 0 Å². The number of allylic oxidation sites excluding steroid dienone is 1. The summed E-state index contributed by atoms with van der Waals surface area (Å²) in [4.78, 5) is 22.9. The summed E-state index contributed by atoms with van der Waals surface area (Å²) in [5.41, 5.74) is -0.207. The van der Waals surface area contributed by atoms with Crippen molar-refractivity contribution in [1.29, 1.82) is 0 Å². The third-order valence-electron chi connectivity index (χ3n) is 3.26. The van der Waals surface area contributed by atoms with Crippen LogP contribution in [0.4, 0.5) is 0 Å². The van der Waals surface area contributed by atoms with Crippen LogP contribution in [-0.4, -0.2) is 23.5 Å². The van der Waals surface area contributed by atoms with Gasteiger partial charge in [-0.15, -0.1) is 0 Å². The Hall–Kier alpha value is -1.32. The Labute approximate surface area is 103 Å². The maximum absolute atomic E-state index is 11.7. The van der Waals surface area contributed by atoms with E-state index in [1.165, 1.54) is 0 Å². The summed E-state index contributed by atoms with van der Waals surface area (Å²) in [5.74, 6) is -1.03. The van der Waals surface area contributed by atoms with E-state index in [1.807, 2.05) is 26.8 Å². The minimum Gasteiger partial charge on any atom is -0.481 e. The number of carboxylic acid groups (broad SMARTS) is 1. The number of amides is 1. The molecule has 0 rings (SSSR count). The molecule has 98 valence electrons. The molecule has 0 aromatic rings. The summed E-state index contributed by atoms with van der Waals surface area (Å²) in [6, 6.07) is 0. The SMILES string of the molecule is CC/C=C(\C)C(=O)NCC(CC)(CC)C(=O)O. The Morgan fingerprint density at radius 1 is 1.24 bits per heavy atom. The number of aliphatic carboxylic acids is 1. The summed E-state index contributed by atoms with van der Waals surface area (Å²) < 4.78 is 0. The van der Waals surface area contributed by atoms with Gasteiger partial charge in [-0.25, -0.2) is 0 Å². The first-order valence-electron chi connectivity index (χ1n) is 6.11. The fourth-order valence-corrected chi connectivity index (χ4v) is 1.67. The molecule has 4 nitrogen and oxygen atoms in total. The normalized spacial score (nSPS) is 12.4. The standard InChI is InChI=1S/C13H23NO3/c1-5-8-10(4)11(15)14-9-13(6-2,7-3)12(16)17/h8H,5-7,9H2,1-4H3,(H,14,15)(H,16,17)/b10-8+. The molecule has 0 saturated carbocycles. The van der Waals surface area contributed by atoms with Gasteiger partial charge in [0.2, 0.25) is 5.91 Å². The van der Waals surface area contributed by atoms with Gasteiger partial charge in [-0.2, -0.15) is 0 Å². The maximum Gasteiger partial charge on any atom is 0.311 e. The molecule has 0 bridgehead atoms. The van der Waals surface area contributed by atoms with Crippen LogP contribution in [0.3, 0.4) is 0 Å². The first-order valence-corrected chi connectivity index (χ1v) is 6.11. The molecule has 0 aliphatic carbocycles. The molecule has 0 fully saturated rings. The van der Waals surface area contributed by atoms with Crippen molar-refractivity contribution < 1.29 is 14.7 Å². The zero-order valence-electron chi connectivity index (χ0n) is 11.2. The minimum atomic E-state index is -0.847. The molecule has 0 saturated heterocycles. The Morgan fingerprint density at radius 3 is 2.12 bits per heavy atom. The molecule has 0 atom stereocenters. The van der Waals surface area contributed by atoms with Gasteiger partial charge in [-0.3, -0.25) is 9.59 Å². The van der Waals surface area contributed by atoms with Crippen molar-refractivity contribution in [3.8, 4) is 0 Å². The summed E-state index contributed by atoms with van der Waals surface area (Å²) in [7, 11) is 0.